The van der Waals surface area contributed by atoms with Crippen molar-refractivity contribution in [2.75, 3.05) is 5.32 Å². The summed E-state index contributed by atoms with van der Waals surface area (Å²) in [5.41, 5.74) is 2.08. The van der Waals surface area contributed by atoms with Gasteiger partial charge in [0.15, 0.2) is 6.17 Å². The average Bonchev–Trinajstić information content (AvgIpc) is 3.14. The van der Waals surface area contributed by atoms with Crippen molar-refractivity contribution < 1.29 is 13.6 Å². The number of fused-ring (bicyclic) bond motifs is 1. The second-order valence-electron chi connectivity index (χ2n) is 5.72. The number of halogens is 1. The van der Waals surface area contributed by atoms with Crippen molar-refractivity contribution in [3.8, 4) is 11.3 Å². The molecule has 6 heteroatoms. The Hall–Kier alpha value is -2.60. The molecule has 0 fully saturated rings. The third-order valence-electron chi connectivity index (χ3n) is 4.21. The van der Waals surface area contributed by atoms with E-state index >= 15 is 0 Å². The normalized spacial score (nSPS) is 16.5. The van der Waals surface area contributed by atoms with Gasteiger partial charge in [-0.2, -0.15) is 0 Å². The van der Waals surface area contributed by atoms with Crippen LogP contribution in [0.2, 0.25) is 0 Å². The van der Waals surface area contributed by atoms with Crippen molar-refractivity contribution >= 4 is 22.2 Å². The number of carbonyl (C=O) groups is 1. The second kappa shape index (κ2) is 5.49. The molecule has 3 aromatic rings. The number of hydrogen-bond donors (Lipinski definition) is 2. The van der Waals surface area contributed by atoms with E-state index in [1.807, 2.05) is 13.8 Å². The third-order valence-corrected chi connectivity index (χ3v) is 5.35. The molecule has 0 radical (unpaired) electrons. The Morgan fingerprint density at radius 2 is 1.92 bits per heavy atom. The van der Waals surface area contributed by atoms with Crippen molar-refractivity contribution in [3.05, 3.63) is 64.0 Å². The molecule has 1 aliphatic rings. The highest BCUT2D eigenvalue weighted by Crippen LogP contribution is 2.38. The van der Waals surface area contributed by atoms with E-state index in [1.54, 1.807) is 41.7 Å². The summed E-state index contributed by atoms with van der Waals surface area (Å²) in [7, 11) is 0. The zero-order valence-corrected chi connectivity index (χ0v) is 14.0. The minimum atomic E-state index is -0.469. The Kier molecular flexibility index (Phi) is 3.42. The van der Waals surface area contributed by atoms with Crippen LogP contribution in [-0.4, -0.2) is 5.91 Å². The summed E-state index contributed by atoms with van der Waals surface area (Å²) < 4.78 is 19.7. The maximum Gasteiger partial charge on any atom is 0.256 e. The van der Waals surface area contributed by atoms with Gasteiger partial charge >= 0.3 is 0 Å². The largest absolute Gasteiger partial charge is 0.457 e. The molecule has 1 amide bonds. The lowest BCUT2D eigenvalue weighted by atomic mass is 10.1. The monoisotopic (exact) mass is 342 g/mol. The van der Waals surface area contributed by atoms with Crippen molar-refractivity contribution in [2.45, 2.75) is 20.0 Å². The Labute approximate surface area is 142 Å². The first-order chi connectivity index (χ1) is 11.5. The van der Waals surface area contributed by atoms with Crippen molar-refractivity contribution in [1.82, 2.24) is 5.32 Å². The van der Waals surface area contributed by atoms with Crippen LogP contribution in [0.4, 0.5) is 9.39 Å². The molecular formula is C18H15FN2O2S. The summed E-state index contributed by atoms with van der Waals surface area (Å²) in [6, 6.07) is 9.90. The topological polar surface area (TPSA) is 54.3 Å². The fraction of sp³-hybridized carbons (Fsp3) is 0.167. The highest BCUT2D eigenvalue weighted by atomic mass is 32.1. The third kappa shape index (κ3) is 2.30. The van der Waals surface area contributed by atoms with Crippen LogP contribution in [0.25, 0.3) is 11.3 Å². The summed E-state index contributed by atoms with van der Waals surface area (Å²) in [6.07, 6.45) is -0.469. The van der Waals surface area contributed by atoms with Crippen LogP contribution in [0.5, 0.6) is 0 Å². The zero-order valence-electron chi connectivity index (χ0n) is 13.1. The van der Waals surface area contributed by atoms with Crippen LogP contribution >= 0.6 is 11.3 Å². The molecular weight excluding hydrogens is 327 g/mol. The van der Waals surface area contributed by atoms with Gasteiger partial charge in [-0.15, -0.1) is 11.3 Å². The molecule has 0 unspecified atom stereocenters. The average molecular weight is 342 g/mol. The van der Waals surface area contributed by atoms with Crippen molar-refractivity contribution in [1.29, 1.82) is 0 Å². The van der Waals surface area contributed by atoms with Gasteiger partial charge in [-0.05, 0) is 43.7 Å². The van der Waals surface area contributed by atoms with Gasteiger partial charge in [-0.1, -0.05) is 12.1 Å². The van der Waals surface area contributed by atoms with E-state index in [4.69, 9.17) is 4.42 Å². The van der Waals surface area contributed by atoms with Crippen molar-refractivity contribution in [2.24, 2.45) is 0 Å². The van der Waals surface area contributed by atoms with Crippen LogP contribution in [0.1, 0.15) is 32.7 Å². The first-order valence-corrected chi connectivity index (χ1v) is 8.38. The van der Waals surface area contributed by atoms with Crippen LogP contribution in [0.3, 0.4) is 0 Å². The number of anilines is 1. The van der Waals surface area contributed by atoms with E-state index in [0.29, 0.717) is 22.6 Å². The van der Waals surface area contributed by atoms with E-state index in [1.165, 1.54) is 6.07 Å². The summed E-state index contributed by atoms with van der Waals surface area (Å²) in [5.74, 6) is 0.504. The molecule has 1 aromatic carbocycles. The summed E-state index contributed by atoms with van der Waals surface area (Å²) >= 11 is 1.55. The number of carbonyl (C=O) groups excluding carboxylic acids is 1. The number of rotatable bonds is 2. The lowest BCUT2D eigenvalue weighted by Crippen LogP contribution is -2.37. The van der Waals surface area contributed by atoms with Gasteiger partial charge in [0.2, 0.25) is 0 Å². The van der Waals surface area contributed by atoms with E-state index in [9.17, 15) is 9.18 Å². The van der Waals surface area contributed by atoms with Crippen LogP contribution in [0.15, 0.2) is 40.8 Å². The van der Waals surface area contributed by atoms with Crippen LogP contribution in [0, 0.1) is 19.7 Å². The predicted molar refractivity (Wildman–Crippen MR) is 91.7 cm³/mol. The van der Waals surface area contributed by atoms with E-state index in [-0.39, 0.29) is 11.7 Å². The first-order valence-electron chi connectivity index (χ1n) is 7.56. The molecule has 24 heavy (non-hydrogen) atoms. The van der Waals surface area contributed by atoms with Gasteiger partial charge in [0, 0.05) is 4.88 Å². The molecule has 1 atom stereocenters. The Bertz CT molecular complexity index is 944. The Balaban J connectivity index is 1.67. The number of aryl methyl sites for hydroxylation is 1. The molecule has 0 saturated heterocycles. The van der Waals surface area contributed by atoms with Gasteiger partial charge < -0.3 is 15.1 Å². The van der Waals surface area contributed by atoms with Crippen LogP contribution in [-0.2, 0) is 0 Å². The number of amides is 1. The predicted octanol–water partition coefficient (Wildman–Crippen LogP) is 4.62. The van der Waals surface area contributed by atoms with Crippen molar-refractivity contribution in [3.63, 3.8) is 0 Å². The second-order valence-corrected chi connectivity index (χ2v) is 6.94. The van der Waals surface area contributed by atoms with Gasteiger partial charge in [0.05, 0.1) is 11.1 Å². The summed E-state index contributed by atoms with van der Waals surface area (Å²) in [5, 5.41) is 7.01. The molecule has 0 aliphatic carbocycles. The fourth-order valence-electron chi connectivity index (χ4n) is 2.83. The molecule has 122 valence electrons. The van der Waals surface area contributed by atoms with E-state index < -0.39 is 6.17 Å². The smallest absolute Gasteiger partial charge is 0.256 e. The Morgan fingerprint density at radius 1 is 1.12 bits per heavy atom. The molecule has 0 bridgehead atoms. The van der Waals surface area contributed by atoms with Crippen LogP contribution < -0.4 is 10.6 Å². The minimum absolute atomic E-state index is 0.126. The number of nitrogens with one attached hydrogen (secondary N) is 2. The lowest BCUT2D eigenvalue weighted by Gasteiger charge is -2.24. The summed E-state index contributed by atoms with van der Waals surface area (Å²) in [4.78, 5) is 13.5. The highest BCUT2D eigenvalue weighted by molar-refractivity contribution is 7.16. The first kappa shape index (κ1) is 15.0. The van der Waals surface area contributed by atoms with Gasteiger partial charge in [-0.3, -0.25) is 4.79 Å². The molecule has 4 nitrogen and oxygen atoms in total. The summed E-state index contributed by atoms with van der Waals surface area (Å²) in [6.45, 7) is 3.93. The lowest BCUT2D eigenvalue weighted by molar-refractivity contribution is 0.0931. The standard InChI is InChI=1S/C18H15FN2O2S/c1-9-10(2)24-18-15(9)17(22)20-16(21-18)14-8-7-13(23-14)11-5-3-4-6-12(11)19/h3-8,16,21H,1-2H3,(H,20,22)/t16-/m1/s1. The SMILES string of the molecule is Cc1sc2c(c1C)C(=O)N[C@@H](c1ccc(-c3ccccc3F)o1)N2. The molecule has 1 aliphatic heterocycles. The van der Waals surface area contributed by atoms with E-state index in [0.717, 1.165) is 15.4 Å². The quantitative estimate of drug-likeness (QED) is 0.714. The highest BCUT2D eigenvalue weighted by Gasteiger charge is 2.30. The number of hydrogen-bond acceptors (Lipinski definition) is 4. The molecule has 3 heterocycles. The zero-order chi connectivity index (χ0) is 16.8. The van der Waals surface area contributed by atoms with Gasteiger partial charge in [-0.25, -0.2) is 4.39 Å². The molecule has 4 rings (SSSR count). The molecule has 2 N–H and O–H groups in total. The Morgan fingerprint density at radius 3 is 2.71 bits per heavy atom. The van der Waals surface area contributed by atoms with E-state index in [2.05, 4.69) is 10.6 Å². The van der Waals surface area contributed by atoms with Gasteiger partial charge in [0.25, 0.3) is 5.91 Å². The maximum absolute atomic E-state index is 13.9. The number of furan rings is 1. The van der Waals surface area contributed by atoms with Gasteiger partial charge in [0.1, 0.15) is 22.3 Å². The number of benzene rings is 1. The minimum Gasteiger partial charge on any atom is -0.457 e. The fourth-order valence-corrected chi connectivity index (χ4v) is 3.91. The molecule has 0 saturated carbocycles. The molecule has 0 spiro atoms. The maximum atomic E-state index is 13.9. The molecule has 2 aromatic heterocycles. The number of thiophene rings is 1.